The first-order chi connectivity index (χ1) is 8.14. The van der Waals surface area contributed by atoms with Gasteiger partial charge in [0.05, 0.1) is 0 Å². The van der Waals surface area contributed by atoms with Crippen molar-refractivity contribution in [3.63, 3.8) is 0 Å². The highest BCUT2D eigenvalue weighted by Crippen LogP contribution is 2.28. The highest BCUT2D eigenvalue weighted by atomic mass is 16.1. The molecular weight excluding hydrogens is 214 g/mol. The van der Waals surface area contributed by atoms with Gasteiger partial charge in [-0.3, -0.25) is 4.79 Å². The van der Waals surface area contributed by atoms with Crippen LogP contribution in [0.4, 0.5) is 0 Å². The molecule has 3 N–H and O–H groups in total. The summed E-state index contributed by atoms with van der Waals surface area (Å²) in [5.74, 6) is -0.0137. The maximum atomic E-state index is 12.0. The number of carbonyl (C=O) groups is 1. The van der Waals surface area contributed by atoms with E-state index in [1.54, 1.807) is 0 Å². The molecule has 1 aromatic heterocycles. The molecule has 1 heterocycles. The second kappa shape index (κ2) is 4.92. The molecule has 4 nitrogen and oxygen atoms in total. The van der Waals surface area contributed by atoms with Gasteiger partial charge in [0.1, 0.15) is 5.69 Å². The minimum absolute atomic E-state index is 0.0137. The van der Waals surface area contributed by atoms with E-state index in [2.05, 4.69) is 12.2 Å². The minimum Gasteiger partial charge on any atom is -0.349 e. The highest BCUT2D eigenvalue weighted by molar-refractivity contribution is 5.92. The Labute approximate surface area is 102 Å². The summed E-state index contributed by atoms with van der Waals surface area (Å²) in [6.07, 6.45) is 6.18. The van der Waals surface area contributed by atoms with Crippen molar-refractivity contribution in [1.82, 2.24) is 9.88 Å². The highest BCUT2D eigenvalue weighted by Gasteiger charge is 2.32. The van der Waals surface area contributed by atoms with Crippen LogP contribution >= 0.6 is 0 Å². The molecule has 2 rings (SSSR count). The SMILES string of the molecule is CCCn1cccc1C(=O)NCC1(N)CCC1. The van der Waals surface area contributed by atoms with Crippen LogP contribution in [0.2, 0.25) is 0 Å². The molecule has 0 aliphatic heterocycles. The van der Waals surface area contributed by atoms with Crippen LogP contribution in [0.3, 0.4) is 0 Å². The van der Waals surface area contributed by atoms with Crippen LogP contribution < -0.4 is 11.1 Å². The molecule has 1 saturated carbocycles. The van der Waals surface area contributed by atoms with E-state index in [1.807, 2.05) is 22.9 Å². The Balaban J connectivity index is 1.92. The van der Waals surface area contributed by atoms with Gasteiger partial charge in [0.15, 0.2) is 0 Å². The lowest BCUT2D eigenvalue weighted by molar-refractivity contribution is 0.0920. The third-order valence-corrected chi connectivity index (χ3v) is 3.48. The average Bonchev–Trinajstić information content (AvgIpc) is 2.72. The summed E-state index contributed by atoms with van der Waals surface area (Å²) >= 11 is 0. The lowest BCUT2D eigenvalue weighted by Crippen LogP contribution is -2.55. The number of nitrogens with zero attached hydrogens (tertiary/aromatic N) is 1. The molecule has 1 fully saturated rings. The van der Waals surface area contributed by atoms with E-state index in [9.17, 15) is 4.79 Å². The van der Waals surface area contributed by atoms with E-state index in [-0.39, 0.29) is 11.4 Å². The van der Waals surface area contributed by atoms with Gasteiger partial charge in [-0.1, -0.05) is 6.92 Å². The van der Waals surface area contributed by atoms with Gasteiger partial charge in [-0.15, -0.1) is 0 Å². The number of rotatable bonds is 5. The number of aryl methyl sites for hydroxylation is 1. The predicted octanol–water partition coefficient (Wildman–Crippen LogP) is 1.51. The van der Waals surface area contributed by atoms with Crippen LogP contribution in [0.1, 0.15) is 43.1 Å². The lowest BCUT2D eigenvalue weighted by Gasteiger charge is -2.38. The summed E-state index contributed by atoms with van der Waals surface area (Å²) in [4.78, 5) is 12.0. The molecule has 1 aliphatic rings. The molecule has 0 aromatic carbocycles. The quantitative estimate of drug-likeness (QED) is 0.812. The second-order valence-corrected chi connectivity index (χ2v) is 4.99. The zero-order chi connectivity index (χ0) is 12.3. The topological polar surface area (TPSA) is 60.0 Å². The fourth-order valence-corrected chi connectivity index (χ4v) is 2.21. The third-order valence-electron chi connectivity index (χ3n) is 3.48. The van der Waals surface area contributed by atoms with Crippen molar-refractivity contribution in [3.05, 3.63) is 24.0 Å². The molecule has 0 unspecified atom stereocenters. The molecule has 0 bridgehead atoms. The number of hydrogen-bond acceptors (Lipinski definition) is 2. The van der Waals surface area contributed by atoms with Crippen LogP contribution in [0.25, 0.3) is 0 Å². The molecule has 94 valence electrons. The van der Waals surface area contributed by atoms with E-state index in [0.717, 1.165) is 31.5 Å². The Bertz CT molecular complexity index is 393. The molecule has 17 heavy (non-hydrogen) atoms. The van der Waals surface area contributed by atoms with Gasteiger partial charge in [-0.25, -0.2) is 0 Å². The van der Waals surface area contributed by atoms with Crippen molar-refractivity contribution >= 4 is 5.91 Å². The first kappa shape index (κ1) is 12.2. The van der Waals surface area contributed by atoms with Gasteiger partial charge in [-0.05, 0) is 37.8 Å². The van der Waals surface area contributed by atoms with Gasteiger partial charge in [0, 0.05) is 24.8 Å². The van der Waals surface area contributed by atoms with Crippen molar-refractivity contribution in [2.75, 3.05) is 6.54 Å². The number of carbonyl (C=O) groups excluding carboxylic acids is 1. The Morgan fingerprint density at radius 1 is 1.59 bits per heavy atom. The Morgan fingerprint density at radius 3 is 2.94 bits per heavy atom. The van der Waals surface area contributed by atoms with Gasteiger partial charge < -0.3 is 15.6 Å². The van der Waals surface area contributed by atoms with Gasteiger partial charge in [0.2, 0.25) is 0 Å². The molecule has 0 saturated heterocycles. The molecule has 0 spiro atoms. The smallest absolute Gasteiger partial charge is 0.267 e. The molecule has 1 amide bonds. The summed E-state index contributed by atoms with van der Waals surface area (Å²) in [7, 11) is 0. The maximum absolute atomic E-state index is 12.0. The van der Waals surface area contributed by atoms with Crippen LogP contribution in [0.5, 0.6) is 0 Å². The Kier molecular flexibility index (Phi) is 3.52. The minimum atomic E-state index is -0.155. The molecule has 4 heteroatoms. The van der Waals surface area contributed by atoms with Crippen LogP contribution in [-0.4, -0.2) is 22.6 Å². The van der Waals surface area contributed by atoms with E-state index in [1.165, 1.54) is 6.42 Å². The maximum Gasteiger partial charge on any atom is 0.267 e. The molecule has 1 aromatic rings. The summed E-state index contributed by atoms with van der Waals surface area (Å²) in [6.45, 7) is 3.57. The zero-order valence-electron chi connectivity index (χ0n) is 10.4. The van der Waals surface area contributed by atoms with Crippen molar-refractivity contribution in [2.45, 2.75) is 44.7 Å². The molecule has 0 atom stereocenters. The monoisotopic (exact) mass is 235 g/mol. The predicted molar refractivity (Wildman–Crippen MR) is 67.8 cm³/mol. The first-order valence-corrected chi connectivity index (χ1v) is 6.37. The number of aromatic nitrogens is 1. The average molecular weight is 235 g/mol. The van der Waals surface area contributed by atoms with E-state index in [4.69, 9.17) is 5.73 Å². The van der Waals surface area contributed by atoms with Crippen LogP contribution in [-0.2, 0) is 6.54 Å². The first-order valence-electron chi connectivity index (χ1n) is 6.37. The zero-order valence-corrected chi connectivity index (χ0v) is 10.4. The molecule has 0 radical (unpaired) electrons. The normalized spacial score (nSPS) is 17.5. The van der Waals surface area contributed by atoms with E-state index >= 15 is 0 Å². The molecule has 1 aliphatic carbocycles. The van der Waals surface area contributed by atoms with Gasteiger partial charge >= 0.3 is 0 Å². The summed E-state index contributed by atoms with van der Waals surface area (Å²) in [5, 5.41) is 2.94. The third kappa shape index (κ3) is 2.69. The van der Waals surface area contributed by atoms with Crippen molar-refractivity contribution in [2.24, 2.45) is 5.73 Å². The van der Waals surface area contributed by atoms with E-state index in [0.29, 0.717) is 6.54 Å². The van der Waals surface area contributed by atoms with Gasteiger partial charge in [0.25, 0.3) is 5.91 Å². The number of hydrogen-bond donors (Lipinski definition) is 2. The van der Waals surface area contributed by atoms with Gasteiger partial charge in [-0.2, -0.15) is 0 Å². The van der Waals surface area contributed by atoms with E-state index < -0.39 is 0 Å². The lowest BCUT2D eigenvalue weighted by atomic mass is 9.78. The fraction of sp³-hybridized carbons (Fsp3) is 0.615. The summed E-state index contributed by atoms with van der Waals surface area (Å²) < 4.78 is 1.99. The number of amides is 1. The number of nitrogens with one attached hydrogen (secondary N) is 1. The van der Waals surface area contributed by atoms with Crippen LogP contribution in [0, 0.1) is 0 Å². The summed E-state index contributed by atoms with van der Waals surface area (Å²) in [5.41, 5.74) is 6.66. The molecular formula is C13H21N3O. The van der Waals surface area contributed by atoms with Crippen molar-refractivity contribution in [1.29, 1.82) is 0 Å². The Morgan fingerprint density at radius 2 is 2.35 bits per heavy atom. The number of nitrogens with two attached hydrogens (primary N) is 1. The van der Waals surface area contributed by atoms with Crippen molar-refractivity contribution in [3.8, 4) is 0 Å². The van der Waals surface area contributed by atoms with Crippen LogP contribution in [0.15, 0.2) is 18.3 Å². The standard InChI is InChI=1S/C13H21N3O/c1-2-8-16-9-3-5-11(16)12(17)15-10-13(14)6-4-7-13/h3,5,9H,2,4,6-8,10,14H2,1H3,(H,15,17). The van der Waals surface area contributed by atoms with Crippen molar-refractivity contribution < 1.29 is 4.79 Å². The second-order valence-electron chi connectivity index (χ2n) is 4.99. The Hall–Kier alpha value is -1.29. The largest absolute Gasteiger partial charge is 0.349 e. The fourth-order valence-electron chi connectivity index (χ4n) is 2.21. The summed E-state index contributed by atoms with van der Waals surface area (Å²) in [6, 6.07) is 3.76.